The van der Waals surface area contributed by atoms with Gasteiger partial charge in [0.15, 0.2) is 0 Å². The van der Waals surface area contributed by atoms with Crippen molar-refractivity contribution in [1.29, 1.82) is 0 Å². The van der Waals surface area contributed by atoms with Gasteiger partial charge in [0, 0.05) is 24.6 Å². The fourth-order valence-corrected chi connectivity index (χ4v) is 13.5. The molecule has 0 aliphatic heterocycles. The molecule has 4 atom stereocenters. The summed E-state index contributed by atoms with van der Waals surface area (Å²) in [6.07, 6.45) is 54.9. The molecule has 0 fully saturated rings. The standard InChI is InChI=1S/4C16H35O3P.Mo/c4*1-3-5-7-9-11-13-15-19-20(17,18)16-14-12-10-8-6-4-2;/h4*3-16H2,1-2H3,(H,17,18);/q;;;;+4/p-4. The quantitative estimate of drug-likeness (QED) is 0.0318. The van der Waals surface area contributed by atoms with Crippen LogP contribution in [-0.4, -0.2) is 51.1 Å². The van der Waals surface area contributed by atoms with Crippen LogP contribution in [0.5, 0.6) is 0 Å². The molecular weight excluding hydrogens is 1180 g/mol. The van der Waals surface area contributed by atoms with Crippen molar-refractivity contribution in [3.05, 3.63) is 0 Å². The summed E-state index contributed by atoms with van der Waals surface area (Å²) in [4.78, 5) is 46.6. The van der Waals surface area contributed by atoms with Gasteiger partial charge in [0.25, 0.3) is 0 Å². The van der Waals surface area contributed by atoms with Crippen molar-refractivity contribution >= 4 is 30.4 Å². The van der Waals surface area contributed by atoms with Gasteiger partial charge in [-0.15, -0.1) is 0 Å². The van der Waals surface area contributed by atoms with Gasteiger partial charge in [-0.3, -0.25) is 0 Å². The molecule has 0 aromatic carbocycles. The molecule has 4 unspecified atom stereocenters. The van der Waals surface area contributed by atoms with E-state index in [0.717, 1.165) is 128 Å². The Morgan fingerprint density at radius 3 is 0.444 bits per heavy atom. The summed E-state index contributed by atoms with van der Waals surface area (Å²) in [5.41, 5.74) is 0. The van der Waals surface area contributed by atoms with Crippen LogP contribution in [0.4, 0.5) is 0 Å². The maximum Gasteiger partial charge on any atom is 4.00 e. The van der Waals surface area contributed by atoms with Crippen molar-refractivity contribution in [1.82, 2.24) is 0 Å². The van der Waals surface area contributed by atoms with Crippen LogP contribution in [0.15, 0.2) is 0 Å². The van der Waals surface area contributed by atoms with E-state index in [9.17, 15) is 37.8 Å². The normalized spacial score (nSPS) is 14.2. The van der Waals surface area contributed by atoms with Crippen LogP contribution >= 0.6 is 30.4 Å². The maximum absolute atomic E-state index is 11.7. The number of hydrogen-bond acceptors (Lipinski definition) is 12. The molecule has 0 aromatic rings. The third-order valence-electron chi connectivity index (χ3n) is 14.3. The molecule has 81 heavy (non-hydrogen) atoms. The Kier molecular flexibility index (Phi) is 81.0. The average molecular weight is 1320 g/mol. The fraction of sp³-hybridized carbons (Fsp3) is 1.00. The minimum atomic E-state index is -3.56. The first kappa shape index (κ1) is 91.0. The zero-order valence-electron chi connectivity index (χ0n) is 54.7. The van der Waals surface area contributed by atoms with Gasteiger partial charge in [0.1, 0.15) is 30.4 Å². The molecule has 0 aromatic heterocycles. The second-order valence-corrected chi connectivity index (χ2v) is 30.5. The number of unbranched alkanes of at least 4 members (excludes halogenated alkanes) is 40. The van der Waals surface area contributed by atoms with Crippen molar-refractivity contribution in [2.45, 2.75) is 364 Å². The van der Waals surface area contributed by atoms with Crippen LogP contribution in [0.2, 0.25) is 0 Å². The van der Waals surface area contributed by atoms with Crippen molar-refractivity contribution in [3.63, 3.8) is 0 Å². The van der Waals surface area contributed by atoms with E-state index in [1.165, 1.54) is 180 Å². The molecule has 0 amide bonds. The molecule has 0 saturated heterocycles. The van der Waals surface area contributed by atoms with Crippen LogP contribution in [0.3, 0.4) is 0 Å². The van der Waals surface area contributed by atoms with Gasteiger partial charge in [0.05, 0.1) is 26.4 Å². The largest absolute Gasteiger partial charge is 4.00 e. The van der Waals surface area contributed by atoms with Crippen molar-refractivity contribution in [2.24, 2.45) is 0 Å². The Labute approximate surface area is 519 Å². The first-order chi connectivity index (χ1) is 38.5. The molecule has 0 aliphatic carbocycles. The first-order valence-electron chi connectivity index (χ1n) is 34.3. The minimum Gasteiger partial charge on any atom is -0.778 e. The second kappa shape index (κ2) is 72.0. The number of rotatable bonds is 60. The van der Waals surface area contributed by atoms with Crippen LogP contribution in [0.25, 0.3) is 0 Å². The minimum absolute atomic E-state index is 0. The monoisotopic (exact) mass is 1320 g/mol. The molecule has 12 nitrogen and oxygen atoms in total. The van der Waals surface area contributed by atoms with E-state index in [1.54, 1.807) is 0 Å². The Hall–Kier alpha value is 1.29. The van der Waals surface area contributed by atoms with Gasteiger partial charge in [-0.1, -0.05) is 312 Å². The molecular formula is C64H136MoO12P4. The Morgan fingerprint density at radius 2 is 0.309 bits per heavy atom. The first-order valence-corrected chi connectivity index (χ1v) is 41.2. The van der Waals surface area contributed by atoms with Crippen LogP contribution in [0, 0.1) is 0 Å². The zero-order valence-corrected chi connectivity index (χ0v) is 60.3. The van der Waals surface area contributed by atoms with Gasteiger partial charge >= 0.3 is 21.1 Å². The number of hydrogen-bond donors (Lipinski definition) is 0. The van der Waals surface area contributed by atoms with Gasteiger partial charge < -0.3 is 55.9 Å². The zero-order chi connectivity index (χ0) is 60.4. The average Bonchev–Trinajstić information content (AvgIpc) is 3.42. The van der Waals surface area contributed by atoms with Gasteiger partial charge in [-0.05, 0) is 51.4 Å². The summed E-state index contributed by atoms with van der Waals surface area (Å²) in [6.45, 7) is 19.0. The molecule has 490 valence electrons. The molecule has 0 bridgehead atoms. The van der Waals surface area contributed by atoms with Gasteiger partial charge in [-0.2, -0.15) is 0 Å². The van der Waals surface area contributed by atoms with E-state index in [1.807, 2.05) is 0 Å². The third kappa shape index (κ3) is 85.5. The Morgan fingerprint density at radius 1 is 0.198 bits per heavy atom. The smallest absolute Gasteiger partial charge is 0.778 e. The molecule has 0 rings (SSSR count). The van der Waals surface area contributed by atoms with Crippen molar-refractivity contribution in [2.75, 3.05) is 51.1 Å². The predicted molar refractivity (Wildman–Crippen MR) is 341 cm³/mol. The Bertz CT molecular complexity index is 1180. The van der Waals surface area contributed by atoms with Gasteiger partial charge in [-0.25, -0.2) is 0 Å². The molecule has 0 spiro atoms. The Balaban J connectivity index is -0.000000316. The van der Waals surface area contributed by atoms with Crippen LogP contribution < -0.4 is 19.6 Å². The maximum atomic E-state index is 11.7. The summed E-state index contributed by atoms with van der Waals surface area (Å²) in [6, 6.07) is 0. The van der Waals surface area contributed by atoms with E-state index in [0.29, 0.717) is 26.4 Å². The topological polar surface area (TPSA) is 197 Å². The summed E-state index contributed by atoms with van der Waals surface area (Å²) < 4.78 is 66.9. The summed E-state index contributed by atoms with van der Waals surface area (Å²) >= 11 is 0. The van der Waals surface area contributed by atoms with E-state index in [4.69, 9.17) is 18.1 Å². The van der Waals surface area contributed by atoms with E-state index in [2.05, 4.69) is 55.4 Å². The third-order valence-corrected chi connectivity index (χ3v) is 20.0. The van der Waals surface area contributed by atoms with Crippen LogP contribution in [0.1, 0.15) is 364 Å². The molecule has 0 heterocycles. The van der Waals surface area contributed by atoms with E-state index < -0.39 is 30.4 Å². The molecule has 0 aliphatic rings. The fourth-order valence-electron chi connectivity index (χ4n) is 8.95. The molecule has 17 heteroatoms. The molecule has 0 radical (unpaired) electrons. The van der Waals surface area contributed by atoms with Gasteiger partial charge in [0.2, 0.25) is 0 Å². The SMILES string of the molecule is CCCCCCCCOP(=O)([O-])CCCCCCCC.CCCCCCCCOP(=O)([O-])CCCCCCCC.CCCCCCCCOP(=O)([O-])CCCCCCCC.CCCCCCCCOP(=O)([O-])CCCCCCCC.[Mo+4]. The molecule has 0 N–H and O–H groups in total. The van der Waals surface area contributed by atoms with E-state index in [-0.39, 0.29) is 45.7 Å². The van der Waals surface area contributed by atoms with Crippen LogP contribution in [-0.2, 0) is 57.4 Å². The van der Waals surface area contributed by atoms with E-state index >= 15 is 0 Å². The summed E-state index contributed by atoms with van der Waals surface area (Å²) in [5.74, 6) is 0. The summed E-state index contributed by atoms with van der Waals surface area (Å²) in [5, 5.41) is 0. The predicted octanol–water partition coefficient (Wildman–Crippen LogP) is 21.1. The second-order valence-electron chi connectivity index (χ2n) is 22.8. The molecule has 0 saturated carbocycles. The summed E-state index contributed by atoms with van der Waals surface area (Å²) in [7, 11) is -14.2. The van der Waals surface area contributed by atoms with Crippen molar-refractivity contribution < 1.29 is 77.0 Å². The van der Waals surface area contributed by atoms with Crippen molar-refractivity contribution in [3.8, 4) is 0 Å².